The van der Waals surface area contributed by atoms with Crippen molar-refractivity contribution in [3.63, 3.8) is 0 Å². The molecule has 3 aromatic rings. The van der Waals surface area contributed by atoms with Gasteiger partial charge in [-0.1, -0.05) is 61.5 Å². The number of tetrazole rings is 1. The van der Waals surface area contributed by atoms with Crippen molar-refractivity contribution in [2.24, 2.45) is 0 Å². The predicted molar refractivity (Wildman–Crippen MR) is 120 cm³/mol. The molecule has 1 heterocycles. The number of rotatable bonds is 8. The van der Waals surface area contributed by atoms with Crippen molar-refractivity contribution in [2.75, 3.05) is 6.61 Å². The normalized spacial score (nSPS) is 15.3. The highest BCUT2D eigenvalue weighted by Gasteiger charge is 2.15. The zero-order chi connectivity index (χ0) is 21.3. The zero-order valence-corrected chi connectivity index (χ0v) is 18.2. The van der Waals surface area contributed by atoms with E-state index in [1.807, 2.05) is 49.4 Å². The number of hydrogen-bond acceptors (Lipinski definition) is 6. The van der Waals surface area contributed by atoms with E-state index >= 15 is 0 Å². The molecule has 0 aliphatic heterocycles. The fourth-order valence-electron chi connectivity index (χ4n) is 4.01. The van der Waals surface area contributed by atoms with Crippen molar-refractivity contribution in [2.45, 2.75) is 64.5 Å². The minimum atomic E-state index is 0.299. The minimum absolute atomic E-state index is 0.299. The molecule has 1 saturated carbocycles. The van der Waals surface area contributed by atoms with Crippen molar-refractivity contribution < 1.29 is 9.47 Å². The summed E-state index contributed by atoms with van der Waals surface area (Å²) in [7, 11) is 0. The van der Waals surface area contributed by atoms with Crippen molar-refractivity contribution >= 4 is 0 Å². The Morgan fingerprint density at radius 3 is 2.52 bits per heavy atom. The lowest BCUT2D eigenvalue weighted by molar-refractivity contribution is 0.314. The largest absolute Gasteiger partial charge is 0.490 e. The van der Waals surface area contributed by atoms with Crippen LogP contribution in [0.15, 0.2) is 48.5 Å². The molecule has 2 aromatic carbocycles. The summed E-state index contributed by atoms with van der Waals surface area (Å²) in [5.74, 6) is 1.30. The Labute approximate surface area is 183 Å². The van der Waals surface area contributed by atoms with E-state index in [0.29, 0.717) is 30.2 Å². The summed E-state index contributed by atoms with van der Waals surface area (Å²) in [6.45, 7) is 3.35. The highest BCUT2D eigenvalue weighted by atomic mass is 16.5. The van der Waals surface area contributed by atoms with Crippen LogP contribution >= 0.6 is 0 Å². The van der Waals surface area contributed by atoms with Crippen molar-refractivity contribution in [1.29, 1.82) is 0 Å². The van der Waals surface area contributed by atoms with Gasteiger partial charge in [0.2, 0.25) is 0 Å². The monoisotopic (exact) mass is 421 g/mol. The van der Waals surface area contributed by atoms with E-state index < -0.39 is 0 Å². The first-order valence-electron chi connectivity index (χ1n) is 11.3. The second-order valence-electron chi connectivity index (χ2n) is 7.95. The first kappa shape index (κ1) is 21.3. The first-order valence-corrected chi connectivity index (χ1v) is 11.3. The Morgan fingerprint density at radius 2 is 1.74 bits per heavy atom. The van der Waals surface area contributed by atoms with E-state index in [1.165, 1.54) is 50.5 Å². The quantitative estimate of drug-likeness (QED) is 0.548. The maximum absolute atomic E-state index is 6.05. The molecule has 0 atom stereocenters. The molecule has 4 rings (SSSR count). The Morgan fingerprint density at radius 1 is 0.968 bits per heavy atom. The van der Waals surface area contributed by atoms with E-state index in [0.717, 1.165) is 12.2 Å². The first-order chi connectivity index (χ1) is 15.3. The molecule has 1 aliphatic carbocycles. The summed E-state index contributed by atoms with van der Waals surface area (Å²) in [5.41, 5.74) is 2.01. The third-order valence-corrected chi connectivity index (χ3v) is 5.65. The lowest BCUT2D eigenvalue weighted by Gasteiger charge is -2.21. The van der Waals surface area contributed by atoms with E-state index in [2.05, 4.69) is 26.9 Å². The van der Waals surface area contributed by atoms with E-state index in [9.17, 15) is 0 Å². The molecular weight excluding hydrogens is 390 g/mol. The summed E-state index contributed by atoms with van der Waals surface area (Å²) in [6.07, 6.45) is 9.29. The SMILES string of the molecule is CCOc1cc(CNC2CCCCCCC2)ccc1Oc1nnnn1-c1ccccc1. The summed E-state index contributed by atoms with van der Waals surface area (Å²) in [6, 6.07) is 16.6. The van der Waals surface area contributed by atoms with Gasteiger partial charge in [0, 0.05) is 12.6 Å². The molecule has 1 N–H and O–H groups in total. The van der Waals surface area contributed by atoms with Gasteiger partial charge in [0.1, 0.15) is 0 Å². The third kappa shape index (κ3) is 5.82. The van der Waals surface area contributed by atoms with E-state index in [-0.39, 0.29) is 0 Å². The fourth-order valence-corrected chi connectivity index (χ4v) is 4.01. The van der Waals surface area contributed by atoms with Crippen LogP contribution in [0.4, 0.5) is 0 Å². The van der Waals surface area contributed by atoms with E-state index in [4.69, 9.17) is 9.47 Å². The standard InChI is InChI=1S/C24H31N5O2/c1-2-30-23-17-19(18-25-20-11-7-4-3-5-8-12-20)15-16-22(23)31-24-26-27-28-29(24)21-13-9-6-10-14-21/h6,9-10,13-17,20,25H,2-5,7-8,11-12,18H2,1H3. The topological polar surface area (TPSA) is 74.1 Å². The predicted octanol–water partition coefficient (Wildman–Crippen LogP) is 5.06. The summed E-state index contributed by atoms with van der Waals surface area (Å²) in [4.78, 5) is 0. The van der Waals surface area contributed by atoms with Crippen LogP contribution in [0.1, 0.15) is 57.4 Å². The molecule has 1 fully saturated rings. The Hall–Kier alpha value is -2.93. The van der Waals surface area contributed by atoms with Gasteiger partial charge in [-0.15, -0.1) is 0 Å². The maximum Gasteiger partial charge on any atom is 0.346 e. The molecule has 0 saturated heterocycles. The van der Waals surface area contributed by atoms with Gasteiger partial charge in [-0.3, -0.25) is 0 Å². The Bertz CT molecular complexity index is 936. The number of benzene rings is 2. The molecule has 31 heavy (non-hydrogen) atoms. The molecule has 7 heteroatoms. The van der Waals surface area contributed by atoms with Gasteiger partial charge in [-0.05, 0) is 60.0 Å². The van der Waals surface area contributed by atoms with Crippen LogP contribution in [0.25, 0.3) is 5.69 Å². The highest BCUT2D eigenvalue weighted by Crippen LogP contribution is 2.32. The van der Waals surface area contributed by atoms with Crippen molar-refractivity contribution in [3.8, 4) is 23.2 Å². The molecule has 164 valence electrons. The number of ether oxygens (including phenoxy) is 2. The molecule has 0 radical (unpaired) electrons. The van der Waals surface area contributed by atoms with Gasteiger partial charge < -0.3 is 14.8 Å². The van der Waals surface area contributed by atoms with Gasteiger partial charge in [0.25, 0.3) is 0 Å². The van der Waals surface area contributed by atoms with Crippen LogP contribution in [0.5, 0.6) is 17.5 Å². The number of hydrogen-bond donors (Lipinski definition) is 1. The van der Waals surface area contributed by atoms with Gasteiger partial charge >= 0.3 is 6.01 Å². The van der Waals surface area contributed by atoms with Crippen LogP contribution in [0.2, 0.25) is 0 Å². The molecule has 0 amide bonds. The zero-order valence-electron chi connectivity index (χ0n) is 18.2. The lowest BCUT2D eigenvalue weighted by Crippen LogP contribution is -2.29. The van der Waals surface area contributed by atoms with Gasteiger partial charge in [-0.2, -0.15) is 4.68 Å². The molecular formula is C24H31N5O2. The second-order valence-corrected chi connectivity index (χ2v) is 7.95. The smallest absolute Gasteiger partial charge is 0.346 e. The Balaban J connectivity index is 1.46. The average molecular weight is 422 g/mol. The highest BCUT2D eigenvalue weighted by molar-refractivity contribution is 5.45. The van der Waals surface area contributed by atoms with Gasteiger partial charge in [0.05, 0.1) is 12.3 Å². The molecule has 1 aromatic heterocycles. The molecule has 1 aliphatic rings. The molecule has 0 bridgehead atoms. The number of nitrogens with zero attached hydrogens (tertiary/aromatic N) is 4. The summed E-state index contributed by atoms with van der Waals surface area (Å²) < 4.78 is 13.5. The lowest BCUT2D eigenvalue weighted by atomic mass is 9.96. The van der Waals surface area contributed by atoms with Crippen molar-refractivity contribution in [1.82, 2.24) is 25.5 Å². The maximum atomic E-state index is 6.05. The average Bonchev–Trinajstić information content (AvgIpc) is 3.23. The van der Waals surface area contributed by atoms with Gasteiger partial charge in [0.15, 0.2) is 11.5 Å². The number of nitrogens with one attached hydrogen (secondary N) is 1. The van der Waals surface area contributed by atoms with Crippen LogP contribution in [-0.2, 0) is 6.54 Å². The van der Waals surface area contributed by atoms with Crippen molar-refractivity contribution in [3.05, 3.63) is 54.1 Å². The summed E-state index contributed by atoms with van der Waals surface area (Å²) in [5, 5.41) is 15.6. The van der Waals surface area contributed by atoms with Crippen LogP contribution in [0, 0.1) is 0 Å². The number of aromatic nitrogens is 4. The van der Waals surface area contributed by atoms with Crippen LogP contribution < -0.4 is 14.8 Å². The van der Waals surface area contributed by atoms with Crippen LogP contribution in [0.3, 0.4) is 0 Å². The molecule has 7 nitrogen and oxygen atoms in total. The fraction of sp³-hybridized carbons (Fsp3) is 0.458. The minimum Gasteiger partial charge on any atom is -0.490 e. The molecule has 0 spiro atoms. The molecule has 0 unspecified atom stereocenters. The van der Waals surface area contributed by atoms with Gasteiger partial charge in [-0.25, -0.2) is 0 Å². The second kappa shape index (κ2) is 10.9. The Kier molecular flexibility index (Phi) is 7.50. The summed E-state index contributed by atoms with van der Waals surface area (Å²) >= 11 is 0. The van der Waals surface area contributed by atoms with E-state index in [1.54, 1.807) is 4.68 Å². The third-order valence-electron chi connectivity index (χ3n) is 5.65. The van der Waals surface area contributed by atoms with Crippen LogP contribution in [-0.4, -0.2) is 32.9 Å². The number of para-hydroxylation sites is 1.